The van der Waals surface area contributed by atoms with Crippen molar-refractivity contribution in [3.05, 3.63) is 22.9 Å². The van der Waals surface area contributed by atoms with Crippen LogP contribution in [0.2, 0.25) is 0 Å². The zero-order valence-corrected chi connectivity index (χ0v) is 14.8. The van der Waals surface area contributed by atoms with Gasteiger partial charge in [-0.15, -0.1) is 23.1 Å². The quantitative estimate of drug-likeness (QED) is 0.814. The molecular weight excluding hydrogens is 312 g/mol. The van der Waals surface area contributed by atoms with E-state index in [0.717, 1.165) is 21.9 Å². The number of Topliss-reactive ketones (excluding diaryl/α,β-unsaturated/α-hetero) is 1. The van der Waals surface area contributed by atoms with E-state index in [1.807, 2.05) is 0 Å². The number of aromatic amines is 1. The molecule has 1 fully saturated rings. The third-order valence-electron chi connectivity index (χ3n) is 4.58. The van der Waals surface area contributed by atoms with Crippen LogP contribution in [0.4, 0.5) is 0 Å². The highest BCUT2D eigenvalue weighted by Crippen LogP contribution is 2.48. The number of fused-ring (bicyclic) bond motifs is 1. The van der Waals surface area contributed by atoms with Crippen molar-refractivity contribution < 1.29 is 4.79 Å². The average molecular weight is 332 g/mol. The molecule has 0 spiro atoms. The van der Waals surface area contributed by atoms with Crippen LogP contribution in [0, 0.1) is 5.41 Å². The number of H-pyrrole nitrogens is 1. The van der Waals surface area contributed by atoms with Crippen molar-refractivity contribution >= 4 is 28.9 Å². The van der Waals surface area contributed by atoms with Gasteiger partial charge in [-0.25, -0.2) is 0 Å². The minimum Gasteiger partial charge on any atom is -0.294 e. The number of carbonyl (C=O) groups is 1. The van der Waals surface area contributed by atoms with Gasteiger partial charge in [0, 0.05) is 23.6 Å². The second-order valence-corrected chi connectivity index (χ2v) is 9.30. The van der Waals surface area contributed by atoms with E-state index >= 15 is 0 Å². The first-order valence-corrected chi connectivity index (χ1v) is 9.81. The van der Waals surface area contributed by atoms with E-state index in [9.17, 15) is 4.79 Å². The largest absolute Gasteiger partial charge is 0.294 e. The van der Waals surface area contributed by atoms with Crippen molar-refractivity contribution in [3.63, 3.8) is 0 Å². The van der Waals surface area contributed by atoms with Crippen LogP contribution in [-0.4, -0.2) is 22.2 Å². The Kier molecular flexibility index (Phi) is 3.28. The summed E-state index contributed by atoms with van der Waals surface area (Å²) in [5.74, 6) is 0.978. The average Bonchev–Trinajstić information content (AvgIpc) is 3.06. The summed E-state index contributed by atoms with van der Waals surface area (Å²) in [5, 5.41) is 7.74. The maximum absolute atomic E-state index is 12.6. The molecule has 2 aliphatic carbocycles. The molecular formula is C17H20N2OS2. The standard InChI is InChI=1S/C17H20N2OS2/c1-17(2)7-10-14(13(20)8-17)16(21-3)22-15(10)12-6-11(18-19-12)9-4-5-9/h6,9H,4-5,7-8H2,1-3H3,(H,18,19). The maximum atomic E-state index is 12.6. The summed E-state index contributed by atoms with van der Waals surface area (Å²) in [6.07, 6.45) is 6.21. The molecule has 0 aromatic carbocycles. The van der Waals surface area contributed by atoms with Gasteiger partial charge in [-0.05, 0) is 42.6 Å². The monoisotopic (exact) mass is 332 g/mol. The van der Waals surface area contributed by atoms with Crippen LogP contribution < -0.4 is 0 Å². The number of nitrogens with one attached hydrogen (secondary N) is 1. The highest BCUT2D eigenvalue weighted by atomic mass is 32.2. The summed E-state index contributed by atoms with van der Waals surface area (Å²) in [6.45, 7) is 4.38. The van der Waals surface area contributed by atoms with Gasteiger partial charge in [0.1, 0.15) is 5.69 Å². The van der Waals surface area contributed by atoms with Gasteiger partial charge in [0.05, 0.1) is 9.09 Å². The van der Waals surface area contributed by atoms with Crippen LogP contribution in [0.25, 0.3) is 10.6 Å². The fourth-order valence-electron chi connectivity index (χ4n) is 3.36. The third kappa shape index (κ3) is 2.35. The lowest BCUT2D eigenvalue weighted by atomic mass is 9.74. The number of hydrogen-bond acceptors (Lipinski definition) is 4. The number of aromatic nitrogens is 2. The number of carbonyl (C=O) groups excluding carboxylic acids is 1. The Hall–Kier alpha value is -1.07. The molecule has 0 saturated heterocycles. The molecule has 1 saturated carbocycles. The lowest BCUT2D eigenvalue weighted by Crippen LogP contribution is -2.26. The lowest BCUT2D eigenvalue weighted by molar-refractivity contribution is 0.0910. The highest BCUT2D eigenvalue weighted by Gasteiger charge is 2.37. The number of thioether (sulfide) groups is 1. The molecule has 2 aromatic rings. The molecule has 22 heavy (non-hydrogen) atoms. The van der Waals surface area contributed by atoms with Crippen molar-refractivity contribution in [1.82, 2.24) is 10.2 Å². The van der Waals surface area contributed by atoms with Gasteiger partial charge in [-0.3, -0.25) is 9.89 Å². The fraction of sp³-hybridized carbons (Fsp3) is 0.529. The number of ketones is 1. The first-order valence-electron chi connectivity index (χ1n) is 7.77. The molecule has 0 aliphatic heterocycles. The lowest BCUT2D eigenvalue weighted by Gasteiger charge is -2.29. The Morgan fingerprint density at radius 1 is 1.36 bits per heavy atom. The molecule has 0 atom stereocenters. The van der Waals surface area contributed by atoms with Crippen LogP contribution >= 0.6 is 23.1 Å². The number of thiophene rings is 1. The molecule has 4 rings (SSSR count). The Morgan fingerprint density at radius 2 is 2.14 bits per heavy atom. The molecule has 5 heteroatoms. The van der Waals surface area contributed by atoms with Gasteiger partial charge in [0.15, 0.2) is 5.78 Å². The van der Waals surface area contributed by atoms with Crippen LogP contribution in [0.15, 0.2) is 10.3 Å². The van der Waals surface area contributed by atoms with Crippen molar-refractivity contribution in [1.29, 1.82) is 0 Å². The van der Waals surface area contributed by atoms with Crippen LogP contribution in [0.1, 0.15) is 60.6 Å². The van der Waals surface area contributed by atoms with Gasteiger partial charge >= 0.3 is 0 Å². The zero-order valence-electron chi connectivity index (χ0n) is 13.2. The van der Waals surface area contributed by atoms with Crippen LogP contribution in [0.5, 0.6) is 0 Å². The molecule has 0 unspecified atom stereocenters. The number of hydrogen-bond donors (Lipinski definition) is 1. The van der Waals surface area contributed by atoms with E-state index in [-0.39, 0.29) is 5.41 Å². The summed E-state index contributed by atoms with van der Waals surface area (Å²) in [7, 11) is 0. The molecule has 0 radical (unpaired) electrons. The Bertz CT molecular complexity index is 753. The van der Waals surface area contributed by atoms with E-state index in [1.165, 1.54) is 29.0 Å². The summed E-state index contributed by atoms with van der Waals surface area (Å²) in [4.78, 5) is 13.8. The summed E-state index contributed by atoms with van der Waals surface area (Å²) in [6, 6.07) is 2.19. The van der Waals surface area contributed by atoms with Crippen molar-refractivity contribution in [2.75, 3.05) is 6.26 Å². The molecule has 1 N–H and O–H groups in total. The molecule has 0 amide bonds. The Balaban J connectivity index is 1.84. The van der Waals surface area contributed by atoms with E-state index in [1.54, 1.807) is 23.1 Å². The zero-order chi connectivity index (χ0) is 15.5. The normalized spacial score (nSPS) is 20.2. The molecule has 2 heterocycles. The minimum absolute atomic E-state index is 0.0468. The summed E-state index contributed by atoms with van der Waals surface area (Å²) in [5.41, 5.74) is 4.52. The van der Waals surface area contributed by atoms with Gasteiger partial charge < -0.3 is 0 Å². The molecule has 2 aromatic heterocycles. The van der Waals surface area contributed by atoms with Crippen molar-refractivity contribution in [3.8, 4) is 10.6 Å². The molecule has 0 bridgehead atoms. The second-order valence-electron chi connectivity index (χ2n) is 7.20. The van der Waals surface area contributed by atoms with E-state index < -0.39 is 0 Å². The SMILES string of the molecule is CSc1sc(-c2cc(C3CC3)[nH]n2)c2c1C(=O)CC(C)(C)C2. The molecule has 2 aliphatic rings. The molecule has 3 nitrogen and oxygen atoms in total. The first kappa shape index (κ1) is 14.5. The Morgan fingerprint density at radius 3 is 2.82 bits per heavy atom. The second kappa shape index (κ2) is 4.96. The summed E-state index contributed by atoms with van der Waals surface area (Å²) >= 11 is 3.43. The van der Waals surface area contributed by atoms with Crippen molar-refractivity contribution in [2.24, 2.45) is 5.41 Å². The highest BCUT2D eigenvalue weighted by molar-refractivity contribution is 8.00. The van der Waals surface area contributed by atoms with Gasteiger partial charge in [-0.1, -0.05) is 13.8 Å². The topological polar surface area (TPSA) is 45.8 Å². The van der Waals surface area contributed by atoms with Crippen LogP contribution in [0.3, 0.4) is 0 Å². The van der Waals surface area contributed by atoms with E-state index in [0.29, 0.717) is 18.1 Å². The predicted molar refractivity (Wildman–Crippen MR) is 92.1 cm³/mol. The van der Waals surface area contributed by atoms with E-state index in [4.69, 9.17) is 0 Å². The van der Waals surface area contributed by atoms with Crippen LogP contribution in [-0.2, 0) is 6.42 Å². The molecule has 116 valence electrons. The Labute approximate surface area is 138 Å². The van der Waals surface area contributed by atoms with Gasteiger partial charge in [0.25, 0.3) is 0 Å². The smallest absolute Gasteiger partial charge is 0.165 e. The minimum atomic E-state index is 0.0468. The summed E-state index contributed by atoms with van der Waals surface area (Å²) < 4.78 is 1.15. The van der Waals surface area contributed by atoms with Crippen molar-refractivity contribution in [2.45, 2.75) is 49.7 Å². The fourth-order valence-corrected chi connectivity index (χ4v) is 5.42. The number of rotatable bonds is 3. The first-order chi connectivity index (χ1) is 10.5. The van der Waals surface area contributed by atoms with E-state index in [2.05, 4.69) is 36.4 Å². The number of nitrogens with zero attached hydrogens (tertiary/aromatic N) is 1. The maximum Gasteiger partial charge on any atom is 0.165 e. The van der Waals surface area contributed by atoms with Gasteiger partial charge in [-0.2, -0.15) is 5.10 Å². The van der Waals surface area contributed by atoms with Gasteiger partial charge in [0.2, 0.25) is 0 Å². The third-order valence-corrected chi connectivity index (χ3v) is 6.96. The predicted octanol–water partition coefficient (Wildman–Crippen LogP) is 4.89.